The smallest absolute Gasteiger partial charge is 0.228 e. The molecule has 2 aromatic rings. The van der Waals surface area contributed by atoms with E-state index >= 15 is 0 Å². The van der Waals surface area contributed by atoms with Gasteiger partial charge in [-0.15, -0.1) is 0 Å². The van der Waals surface area contributed by atoms with Crippen molar-refractivity contribution in [2.24, 2.45) is 11.8 Å². The molecule has 0 saturated heterocycles. The lowest BCUT2D eigenvalue weighted by atomic mass is 10.2. The molecule has 0 spiro atoms. The second-order valence-corrected chi connectivity index (χ2v) is 6.74. The molecule has 0 aliphatic heterocycles. The maximum Gasteiger partial charge on any atom is 0.228 e. The summed E-state index contributed by atoms with van der Waals surface area (Å²) in [5.41, 5.74) is 0.500. The van der Waals surface area contributed by atoms with Gasteiger partial charge in [0.25, 0.3) is 0 Å². The number of amides is 2. The summed E-state index contributed by atoms with van der Waals surface area (Å²) in [6.07, 6.45) is 0.441. The Morgan fingerprint density at radius 2 is 1.63 bits per heavy atom. The van der Waals surface area contributed by atoms with Gasteiger partial charge in [0.1, 0.15) is 17.4 Å². The maximum absolute atomic E-state index is 13.6. The summed E-state index contributed by atoms with van der Waals surface area (Å²) in [5.74, 6) is -2.60. The number of anilines is 2. The summed E-state index contributed by atoms with van der Waals surface area (Å²) < 4.78 is 32.0. The quantitative estimate of drug-likeness (QED) is 0.804. The Kier molecular flexibility index (Phi) is 5.39. The average molecular weight is 374 g/mol. The number of halogens is 2. The van der Waals surface area contributed by atoms with Crippen LogP contribution in [-0.2, 0) is 9.59 Å². The van der Waals surface area contributed by atoms with Crippen LogP contribution in [0.15, 0.2) is 42.5 Å². The molecule has 2 unspecified atom stereocenters. The highest BCUT2D eigenvalue weighted by molar-refractivity contribution is 6.03. The van der Waals surface area contributed by atoms with Crippen LogP contribution in [0.5, 0.6) is 5.75 Å². The molecule has 2 aromatic carbocycles. The van der Waals surface area contributed by atoms with Crippen molar-refractivity contribution < 1.29 is 23.1 Å². The fourth-order valence-electron chi connectivity index (χ4n) is 2.71. The van der Waals surface area contributed by atoms with Crippen LogP contribution in [0.1, 0.15) is 20.3 Å². The minimum absolute atomic E-state index is 0.0575. The van der Waals surface area contributed by atoms with Crippen molar-refractivity contribution in [3.63, 3.8) is 0 Å². The van der Waals surface area contributed by atoms with Gasteiger partial charge in [-0.3, -0.25) is 9.59 Å². The molecule has 2 N–H and O–H groups in total. The van der Waals surface area contributed by atoms with Crippen molar-refractivity contribution in [1.82, 2.24) is 0 Å². The second-order valence-electron chi connectivity index (χ2n) is 6.74. The van der Waals surface area contributed by atoms with Gasteiger partial charge in [0.2, 0.25) is 11.8 Å². The molecule has 7 heteroatoms. The summed E-state index contributed by atoms with van der Waals surface area (Å²) in [7, 11) is 0. The number of ether oxygens (including phenoxy) is 1. The van der Waals surface area contributed by atoms with Gasteiger partial charge in [-0.1, -0.05) is 0 Å². The fraction of sp³-hybridized carbons (Fsp3) is 0.300. The minimum atomic E-state index is -0.853. The topological polar surface area (TPSA) is 67.4 Å². The van der Waals surface area contributed by atoms with E-state index in [0.29, 0.717) is 23.9 Å². The van der Waals surface area contributed by atoms with Crippen LogP contribution in [0, 0.1) is 23.5 Å². The lowest BCUT2D eigenvalue weighted by Crippen LogP contribution is -2.21. The molecule has 27 heavy (non-hydrogen) atoms. The molecule has 1 aliphatic carbocycles. The minimum Gasteiger partial charge on any atom is -0.491 e. The van der Waals surface area contributed by atoms with Crippen molar-refractivity contribution >= 4 is 23.2 Å². The number of carbonyl (C=O) groups excluding carboxylic acids is 2. The Bertz CT molecular complexity index is 853. The molecule has 1 fully saturated rings. The third kappa shape index (κ3) is 4.81. The number of nitrogens with one attached hydrogen (secondary N) is 2. The molecule has 142 valence electrons. The van der Waals surface area contributed by atoms with Crippen molar-refractivity contribution in [3.8, 4) is 5.75 Å². The Morgan fingerprint density at radius 1 is 1.00 bits per heavy atom. The van der Waals surface area contributed by atoms with Crippen LogP contribution in [0.4, 0.5) is 20.2 Å². The number of rotatable bonds is 6. The van der Waals surface area contributed by atoms with E-state index in [2.05, 4.69) is 10.6 Å². The highest BCUT2D eigenvalue weighted by Gasteiger charge is 2.48. The first-order valence-corrected chi connectivity index (χ1v) is 8.67. The zero-order valence-corrected chi connectivity index (χ0v) is 15.0. The summed E-state index contributed by atoms with van der Waals surface area (Å²) in [5, 5.41) is 5.15. The van der Waals surface area contributed by atoms with Crippen molar-refractivity contribution in [2.45, 2.75) is 26.4 Å². The van der Waals surface area contributed by atoms with Gasteiger partial charge in [-0.25, -0.2) is 8.78 Å². The zero-order chi connectivity index (χ0) is 19.6. The summed E-state index contributed by atoms with van der Waals surface area (Å²) in [6, 6.07) is 9.86. The molecular weight excluding hydrogens is 354 g/mol. The SMILES string of the molecule is CC(C)Oc1ccc(NC(=O)C2CC2C(=O)Nc2ccc(F)cc2F)cc1. The third-order valence-corrected chi connectivity index (χ3v) is 4.15. The van der Waals surface area contributed by atoms with E-state index in [1.165, 1.54) is 0 Å². The molecule has 0 radical (unpaired) electrons. The van der Waals surface area contributed by atoms with Crippen LogP contribution >= 0.6 is 0 Å². The molecule has 0 bridgehead atoms. The van der Waals surface area contributed by atoms with E-state index in [9.17, 15) is 18.4 Å². The average Bonchev–Trinajstić information content (AvgIpc) is 3.39. The summed E-state index contributed by atoms with van der Waals surface area (Å²) in [4.78, 5) is 24.4. The van der Waals surface area contributed by atoms with Gasteiger partial charge in [-0.2, -0.15) is 0 Å². The molecular formula is C20H20F2N2O3. The molecule has 2 atom stereocenters. The van der Waals surface area contributed by atoms with E-state index < -0.39 is 29.4 Å². The molecule has 1 saturated carbocycles. The predicted molar refractivity (Wildman–Crippen MR) is 97.4 cm³/mol. The first-order chi connectivity index (χ1) is 12.8. The van der Waals surface area contributed by atoms with Crippen LogP contribution < -0.4 is 15.4 Å². The van der Waals surface area contributed by atoms with Crippen LogP contribution in [0.2, 0.25) is 0 Å². The molecule has 1 aliphatic rings. The molecule has 5 nitrogen and oxygen atoms in total. The van der Waals surface area contributed by atoms with E-state index in [1.807, 2.05) is 13.8 Å². The lowest BCUT2D eigenvalue weighted by molar-refractivity contribution is -0.122. The van der Waals surface area contributed by atoms with Gasteiger partial charge >= 0.3 is 0 Å². The Labute approximate surface area is 155 Å². The van der Waals surface area contributed by atoms with E-state index in [4.69, 9.17) is 4.74 Å². The normalized spacial score (nSPS) is 18.1. The third-order valence-electron chi connectivity index (χ3n) is 4.15. The first kappa shape index (κ1) is 18.8. The number of carbonyl (C=O) groups is 2. The van der Waals surface area contributed by atoms with Crippen molar-refractivity contribution in [1.29, 1.82) is 0 Å². The molecule has 0 heterocycles. The van der Waals surface area contributed by atoms with Crippen molar-refractivity contribution in [3.05, 3.63) is 54.1 Å². The van der Waals surface area contributed by atoms with E-state index in [0.717, 1.165) is 12.1 Å². The Morgan fingerprint density at radius 3 is 2.22 bits per heavy atom. The Balaban J connectivity index is 1.53. The van der Waals surface area contributed by atoms with Gasteiger partial charge in [0, 0.05) is 11.8 Å². The molecule has 3 rings (SSSR count). The predicted octanol–water partition coefficient (Wildman–Crippen LogP) is 3.97. The monoisotopic (exact) mass is 374 g/mol. The number of benzene rings is 2. The van der Waals surface area contributed by atoms with Gasteiger partial charge in [0.15, 0.2) is 0 Å². The number of hydrogen-bond acceptors (Lipinski definition) is 3. The van der Waals surface area contributed by atoms with Gasteiger partial charge in [-0.05, 0) is 56.7 Å². The van der Waals surface area contributed by atoms with Gasteiger partial charge in [0.05, 0.1) is 23.6 Å². The Hall–Kier alpha value is -2.96. The van der Waals surface area contributed by atoms with Crippen LogP contribution in [-0.4, -0.2) is 17.9 Å². The largest absolute Gasteiger partial charge is 0.491 e. The molecule has 0 aromatic heterocycles. The van der Waals surface area contributed by atoms with E-state index in [-0.39, 0.29) is 17.7 Å². The lowest BCUT2D eigenvalue weighted by Gasteiger charge is -2.10. The highest BCUT2D eigenvalue weighted by Crippen LogP contribution is 2.40. The van der Waals surface area contributed by atoms with E-state index in [1.54, 1.807) is 24.3 Å². The molecule has 2 amide bonds. The fourth-order valence-corrected chi connectivity index (χ4v) is 2.71. The standard InChI is InChI=1S/C20H20F2N2O3/c1-11(2)27-14-6-4-13(5-7-14)23-19(25)15-10-16(15)20(26)24-18-8-3-12(21)9-17(18)22/h3-9,11,15-16H,10H2,1-2H3,(H,23,25)(H,24,26). The number of hydrogen-bond donors (Lipinski definition) is 2. The maximum atomic E-state index is 13.6. The summed E-state index contributed by atoms with van der Waals surface area (Å²) >= 11 is 0. The van der Waals surface area contributed by atoms with Crippen LogP contribution in [0.25, 0.3) is 0 Å². The highest BCUT2D eigenvalue weighted by atomic mass is 19.1. The van der Waals surface area contributed by atoms with Crippen LogP contribution in [0.3, 0.4) is 0 Å². The zero-order valence-electron chi connectivity index (χ0n) is 15.0. The summed E-state index contributed by atoms with van der Waals surface area (Å²) in [6.45, 7) is 3.84. The van der Waals surface area contributed by atoms with Gasteiger partial charge < -0.3 is 15.4 Å². The first-order valence-electron chi connectivity index (χ1n) is 8.67. The van der Waals surface area contributed by atoms with Crippen molar-refractivity contribution in [2.75, 3.05) is 10.6 Å². The second kappa shape index (κ2) is 7.73.